The molecule has 0 unspecified atom stereocenters. The summed E-state index contributed by atoms with van der Waals surface area (Å²) in [6.45, 7) is 0. The lowest BCUT2D eigenvalue weighted by Crippen LogP contribution is -2.20. The van der Waals surface area contributed by atoms with Crippen LogP contribution in [0.25, 0.3) is 11.1 Å². The number of anilines is 1. The molecule has 0 saturated heterocycles. The molecule has 138 valence electrons. The van der Waals surface area contributed by atoms with E-state index in [-0.39, 0.29) is 11.1 Å². The third-order valence-electron chi connectivity index (χ3n) is 3.46. The Bertz CT molecular complexity index is 1000. The summed E-state index contributed by atoms with van der Waals surface area (Å²) in [7, 11) is 0. The maximum Gasteiger partial charge on any atom is 0.433 e. The van der Waals surface area contributed by atoms with Crippen LogP contribution in [0.2, 0.25) is 0 Å². The molecule has 0 aliphatic heterocycles. The Morgan fingerprint density at radius 1 is 1.04 bits per heavy atom. The van der Waals surface area contributed by atoms with Crippen LogP contribution in [-0.4, -0.2) is 37.1 Å². The van der Waals surface area contributed by atoms with Crippen LogP contribution in [0.15, 0.2) is 42.7 Å². The maximum absolute atomic E-state index is 13.3. The van der Waals surface area contributed by atoms with Crippen molar-refractivity contribution >= 4 is 17.7 Å². The molecule has 0 saturated carbocycles. The second kappa shape index (κ2) is 6.86. The summed E-state index contributed by atoms with van der Waals surface area (Å²) in [6.07, 6.45) is -2.59. The lowest BCUT2D eigenvalue weighted by atomic mass is 10.0. The lowest BCUT2D eigenvalue weighted by molar-refractivity contribution is -0.140. The number of aromatic carboxylic acids is 1. The van der Waals surface area contributed by atoms with E-state index in [1.54, 1.807) is 6.07 Å². The third-order valence-corrected chi connectivity index (χ3v) is 3.46. The van der Waals surface area contributed by atoms with Crippen molar-refractivity contribution in [2.45, 2.75) is 6.18 Å². The van der Waals surface area contributed by atoms with Gasteiger partial charge in [0.05, 0.1) is 5.56 Å². The van der Waals surface area contributed by atoms with Crippen molar-refractivity contribution in [3.63, 3.8) is 0 Å². The van der Waals surface area contributed by atoms with Crippen LogP contribution in [-0.2, 0) is 6.18 Å². The molecular formula is C16H10F3N5O3. The van der Waals surface area contributed by atoms with Crippen LogP contribution >= 0.6 is 0 Å². The van der Waals surface area contributed by atoms with Crippen molar-refractivity contribution in [1.29, 1.82) is 0 Å². The number of H-pyrrole nitrogens is 1. The number of benzene rings is 1. The zero-order chi connectivity index (χ0) is 19.6. The number of carbonyl (C=O) groups is 2. The maximum atomic E-state index is 13.3. The number of hydrogen-bond donors (Lipinski definition) is 3. The second-order valence-corrected chi connectivity index (χ2v) is 5.20. The normalized spacial score (nSPS) is 11.2. The number of carbonyl (C=O) groups excluding carboxylic acids is 1. The first-order chi connectivity index (χ1) is 12.8. The summed E-state index contributed by atoms with van der Waals surface area (Å²) in [6, 6.07) is 7.51. The van der Waals surface area contributed by atoms with Crippen LogP contribution in [0.5, 0.6) is 0 Å². The first-order valence-electron chi connectivity index (χ1n) is 7.35. The highest BCUT2D eigenvalue weighted by Gasteiger charge is 2.38. The Kier molecular flexibility index (Phi) is 4.59. The number of nitrogens with zero attached hydrogens (tertiary/aromatic N) is 3. The van der Waals surface area contributed by atoms with Gasteiger partial charge in [0.1, 0.15) is 5.69 Å². The summed E-state index contributed by atoms with van der Waals surface area (Å²) >= 11 is 0. The Balaban J connectivity index is 2.05. The Morgan fingerprint density at radius 2 is 1.67 bits per heavy atom. The summed E-state index contributed by atoms with van der Waals surface area (Å²) in [5, 5.41) is 16.6. The smallest absolute Gasteiger partial charge is 0.433 e. The van der Waals surface area contributed by atoms with Crippen molar-refractivity contribution in [3.8, 4) is 11.1 Å². The van der Waals surface area contributed by atoms with E-state index >= 15 is 0 Å². The monoisotopic (exact) mass is 377 g/mol. The molecule has 3 rings (SSSR count). The van der Waals surface area contributed by atoms with Gasteiger partial charge in [0.25, 0.3) is 5.91 Å². The molecule has 3 N–H and O–H groups in total. The van der Waals surface area contributed by atoms with E-state index in [1.807, 2.05) is 5.10 Å². The lowest BCUT2D eigenvalue weighted by Gasteiger charge is -2.10. The second-order valence-electron chi connectivity index (χ2n) is 5.20. The van der Waals surface area contributed by atoms with E-state index in [9.17, 15) is 22.8 Å². The Labute approximate surface area is 149 Å². The van der Waals surface area contributed by atoms with Gasteiger partial charge in [-0.1, -0.05) is 30.3 Å². The Hall–Kier alpha value is -3.76. The van der Waals surface area contributed by atoms with Crippen LogP contribution < -0.4 is 5.32 Å². The first-order valence-corrected chi connectivity index (χ1v) is 7.35. The topological polar surface area (TPSA) is 121 Å². The van der Waals surface area contributed by atoms with E-state index in [0.717, 1.165) is 12.4 Å². The minimum atomic E-state index is -4.75. The highest BCUT2D eigenvalue weighted by atomic mass is 19.4. The standard InChI is InChI=1S/C16H10F3N5O3/c17-16(18,19)12-9(8-4-2-1-3-5-8)13(24-23-12)22-14(25)10-11(15(26)27)21-7-6-20-10/h1-7H,(H,26,27)(H2,22,23,24,25). The average Bonchev–Trinajstić information content (AvgIpc) is 3.06. The van der Waals surface area contributed by atoms with Gasteiger partial charge in [-0.3, -0.25) is 9.89 Å². The predicted octanol–water partition coefficient (Wildman–Crippen LogP) is 2.84. The molecule has 0 radical (unpaired) electrons. The highest BCUT2D eigenvalue weighted by molar-refractivity contribution is 6.09. The van der Waals surface area contributed by atoms with Crippen molar-refractivity contribution in [2.24, 2.45) is 0 Å². The molecule has 0 fully saturated rings. The summed E-state index contributed by atoms with van der Waals surface area (Å²) in [5.74, 6) is -2.98. The van der Waals surface area contributed by atoms with Gasteiger partial charge >= 0.3 is 12.1 Å². The Morgan fingerprint density at radius 3 is 2.26 bits per heavy atom. The van der Waals surface area contributed by atoms with Crippen molar-refractivity contribution in [1.82, 2.24) is 20.2 Å². The van der Waals surface area contributed by atoms with Gasteiger partial charge in [-0.05, 0) is 5.56 Å². The molecule has 0 aliphatic carbocycles. The SMILES string of the molecule is O=C(O)c1nccnc1C(=O)Nc1n[nH]c(C(F)(F)F)c1-c1ccccc1. The number of halogens is 3. The molecule has 2 aromatic heterocycles. The minimum absolute atomic E-state index is 0.159. The van der Waals surface area contributed by atoms with Crippen molar-refractivity contribution < 1.29 is 27.9 Å². The fraction of sp³-hybridized carbons (Fsp3) is 0.0625. The van der Waals surface area contributed by atoms with Gasteiger partial charge in [0.15, 0.2) is 17.2 Å². The van der Waals surface area contributed by atoms with Crippen molar-refractivity contribution in [3.05, 3.63) is 59.8 Å². The summed E-state index contributed by atoms with van der Waals surface area (Å²) in [4.78, 5) is 30.7. The van der Waals surface area contributed by atoms with E-state index < -0.39 is 41.0 Å². The third kappa shape index (κ3) is 3.61. The zero-order valence-corrected chi connectivity index (χ0v) is 13.3. The zero-order valence-electron chi connectivity index (χ0n) is 13.3. The summed E-state index contributed by atoms with van der Waals surface area (Å²) < 4.78 is 39.9. The van der Waals surface area contributed by atoms with Gasteiger partial charge in [-0.25, -0.2) is 14.8 Å². The van der Waals surface area contributed by atoms with E-state index in [4.69, 9.17) is 5.11 Å². The number of nitrogens with one attached hydrogen (secondary N) is 2. The largest absolute Gasteiger partial charge is 0.476 e. The van der Waals surface area contributed by atoms with Crippen molar-refractivity contribution in [2.75, 3.05) is 5.32 Å². The fourth-order valence-electron chi connectivity index (χ4n) is 2.35. The first kappa shape index (κ1) is 18.0. The minimum Gasteiger partial charge on any atom is -0.476 e. The van der Waals surface area contributed by atoms with Gasteiger partial charge in [-0.15, -0.1) is 0 Å². The fourth-order valence-corrected chi connectivity index (χ4v) is 2.35. The highest BCUT2D eigenvalue weighted by Crippen LogP contribution is 2.39. The van der Waals surface area contributed by atoms with Crippen LogP contribution in [0.1, 0.15) is 26.7 Å². The predicted molar refractivity (Wildman–Crippen MR) is 86.0 cm³/mol. The number of aromatic amines is 1. The molecule has 0 atom stereocenters. The molecule has 0 bridgehead atoms. The number of aromatic nitrogens is 4. The molecule has 11 heteroatoms. The average molecular weight is 377 g/mol. The van der Waals surface area contributed by atoms with Crippen LogP contribution in [0.4, 0.5) is 19.0 Å². The quantitative estimate of drug-likeness (QED) is 0.643. The van der Waals surface area contributed by atoms with E-state index in [1.165, 1.54) is 24.3 Å². The molecule has 2 heterocycles. The molecule has 27 heavy (non-hydrogen) atoms. The molecular weight excluding hydrogens is 367 g/mol. The van der Waals surface area contributed by atoms with Gasteiger partial charge < -0.3 is 10.4 Å². The molecule has 1 aromatic carbocycles. The number of alkyl halides is 3. The van der Waals surface area contributed by atoms with Crippen LogP contribution in [0, 0.1) is 0 Å². The number of carboxylic acid groups (broad SMARTS) is 1. The van der Waals surface area contributed by atoms with Gasteiger partial charge in [-0.2, -0.15) is 18.3 Å². The van der Waals surface area contributed by atoms with Gasteiger partial charge in [0, 0.05) is 12.4 Å². The molecule has 0 aliphatic rings. The molecule has 1 amide bonds. The number of hydrogen-bond acceptors (Lipinski definition) is 5. The van der Waals surface area contributed by atoms with Crippen LogP contribution in [0.3, 0.4) is 0 Å². The molecule has 3 aromatic rings. The number of rotatable bonds is 4. The van der Waals surface area contributed by atoms with Gasteiger partial charge in [0.2, 0.25) is 0 Å². The van der Waals surface area contributed by atoms with E-state index in [2.05, 4.69) is 20.4 Å². The molecule has 0 spiro atoms. The number of carboxylic acids is 1. The summed E-state index contributed by atoms with van der Waals surface area (Å²) in [5.41, 5.74) is -2.56. The molecule has 8 nitrogen and oxygen atoms in total. The number of amides is 1. The van der Waals surface area contributed by atoms with E-state index in [0.29, 0.717) is 0 Å².